The maximum Gasteiger partial charge on any atom is 0.325 e. The van der Waals surface area contributed by atoms with Crippen molar-refractivity contribution in [2.75, 3.05) is 11.9 Å². The second-order valence-electron chi connectivity index (χ2n) is 6.82. The van der Waals surface area contributed by atoms with Gasteiger partial charge >= 0.3 is 5.69 Å². The van der Waals surface area contributed by atoms with E-state index >= 15 is 0 Å². The number of anilines is 1. The quantitative estimate of drug-likeness (QED) is 0.543. The summed E-state index contributed by atoms with van der Waals surface area (Å²) in [6, 6.07) is 17.6. The molecule has 0 unspecified atom stereocenters. The van der Waals surface area contributed by atoms with Crippen molar-refractivity contribution in [1.29, 1.82) is 0 Å². The molecule has 8 heteroatoms. The summed E-state index contributed by atoms with van der Waals surface area (Å²) in [5.41, 5.74) is 0.410. The molecular weight excluding hydrogens is 384 g/mol. The summed E-state index contributed by atoms with van der Waals surface area (Å²) in [6.45, 7) is 0. The van der Waals surface area contributed by atoms with Crippen LogP contribution in [0.25, 0.3) is 0 Å². The van der Waals surface area contributed by atoms with E-state index in [2.05, 4.69) is 15.3 Å². The van der Waals surface area contributed by atoms with E-state index in [1.54, 1.807) is 19.2 Å². The van der Waals surface area contributed by atoms with E-state index in [9.17, 15) is 19.2 Å². The molecule has 0 saturated carbocycles. The van der Waals surface area contributed by atoms with Gasteiger partial charge in [-0.05, 0) is 17.7 Å². The van der Waals surface area contributed by atoms with Gasteiger partial charge in [-0.25, -0.2) is 4.79 Å². The number of aromatic nitrogens is 2. The molecule has 0 fully saturated rings. The first-order valence-corrected chi connectivity index (χ1v) is 9.41. The number of amides is 2. The third kappa shape index (κ3) is 5.32. The molecular formula is C22H22N4O4. The number of carbonyl (C=O) groups excluding carboxylic acids is 2. The zero-order chi connectivity index (χ0) is 21.5. The van der Waals surface area contributed by atoms with Crippen molar-refractivity contribution in [3.8, 4) is 0 Å². The molecule has 0 aliphatic rings. The van der Waals surface area contributed by atoms with Crippen LogP contribution in [0.5, 0.6) is 0 Å². The number of para-hydroxylation sites is 1. The van der Waals surface area contributed by atoms with Gasteiger partial charge in [-0.15, -0.1) is 0 Å². The first-order chi connectivity index (χ1) is 14.4. The summed E-state index contributed by atoms with van der Waals surface area (Å²) < 4.78 is 0. The summed E-state index contributed by atoms with van der Waals surface area (Å²) in [5.74, 6) is -0.780. The van der Waals surface area contributed by atoms with Crippen LogP contribution in [-0.4, -0.2) is 34.9 Å². The molecule has 1 heterocycles. The number of nitrogens with zero attached hydrogens (tertiary/aromatic N) is 1. The van der Waals surface area contributed by atoms with Gasteiger partial charge in [0.1, 0.15) is 6.04 Å². The number of benzene rings is 2. The second kappa shape index (κ2) is 9.51. The molecule has 0 aliphatic heterocycles. The lowest BCUT2D eigenvalue weighted by Gasteiger charge is -2.25. The fourth-order valence-corrected chi connectivity index (χ4v) is 3.05. The van der Waals surface area contributed by atoms with Crippen molar-refractivity contribution >= 4 is 17.5 Å². The average molecular weight is 406 g/mol. The normalized spacial score (nSPS) is 11.5. The van der Waals surface area contributed by atoms with E-state index in [0.717, 1.165) is 5.56 Å². The molecule has 0 radical (unpaired) electrons. The van der Waals surface area contributed by atoms with Crippen LogP contribution in [0.2, 0.25) is 0 Å². The fraction of sp³-hybridized carbons (Fsp3) is 0.182. The fourth-order valence-electron chi connectivity index (χ4n) is 3.05. The van der Waals surface area contributed by atoms with Gasteiger partial charge in [0.15, 0.2) is 0 Å². The van der Waals surface area contributed by atoms with Gasteiger partial charge in [-0.2, -0.15) is 0 Å². The Balaban J connectivity index is 1.79. The van der Waals surface area contributed by atoms with Gasteiger partial charge in [-0.1, -0.05) is 48.5 Å². The van der Waals surface area contributed by atoms with Crippen molar-refractivity contribution in [2.45, 2.75) is 18.9 Å². The summed E-state index contributed by atoms with van der Waals surface area (Å²) in [6.07, 6.45) is 1.23. The third-order valence-corrected chi connectivity index (χ3v) is 4.64. The Morgan fingerprint density at radius 1 is 1.00 bits per heavy atom. The van der Waals surface area contributed by atoms with Crippen molar-refractivity contribution in [1.82, 2.24) is 15.3 Å². The van der Waals surface area contributed by atoms with E-state index < -0.39 is 23.2 Å². The first kappa shape index (κ1) is 20.8. The van der Waals surface area contributed by atoms with Crippen LogP contribution < -0.4 is 21.5 Å². The largest absolute Gasteiger partial charge is 0.344 e. The van der Waals surface area contributed by atoms with Crippen LogP contribution in [0, 0.1) is 0 Å². The Hall–Kier alpha value is -3.94. The maximum absolute atomic E-state index is 13.1. The smallest absolute Gasteiger partial charge is 0.325 e. The maximum atomic E-state index is 13.1. The lowest BCUT2D eigenvalue weighted by molar-refractivity contribution is -0.127. The molecule has 1 atom stereocenters. The predicted molar refractivity (Wildman–Crippen MR) is 113 cm³/mol. The molecule has 0 saturated heterocycles. The van der Waals surface area contributed by atoms with Crippen LogP contribution in [-0.2, 0) is 22.4 Å². The minimum atomic E-state index is -0.827. The minimum absolute atomic E-state index is 0.106. The van der Waals surface area contributed by atoms with Crippen LogP contribution in [0.3, 0.4) is 0 Å². The molecule has 2 aromatic carbocycles. The van der Waals surface area contributed by atoms with E-state index in [0.29, 0.717) is 12.1 Å². The second-order valence-corrected chi connectivity index (χ2v) is 6.82. The van der Waals surface area contributed by atoms with E-state index in [-0.39, 0.29) is 17.9 Å². The van der Waals surface area contributed by atoms with Gasteiger partial charge in [0, 0.05) is 30.9 Å². The number of H-pyrrole nitrogens is 2. The van der Waals surface area contributed by atoms with E-state index in [1.807, 2.05) is 48.5 Å². The highest BCUT2D eigenvalue weighted by Crippen LogP contribution is 2.14. The Labute approximate surface area is 172 Å². The number of hydrogen-bond acceptors (Lipinski definition) is 4. The average Bonchev–Trinajstić information content (AvgIpc) is 2.75. The van der Waals surface area contributed by atoms with Crippen molar-refractivity contribution < 1.29 is 9.59 Å². The summed E-state index contributed by atoms with van der Waals surface area (Å²) in [4.78, 5) is 54.6. The van der Waals surface area contributed by atoms with Crippen LogP contribution in [0.15, 0.2) is 76.4 Å². The Morgan fingerprint density at radius 3 is 2.27 bits per heavy atom. The molecule has 3 aromatic rings. The van der Waals surface area contributed by atoms with Crippen LogP contribution in [0.4, 0.5) is 5.69 Å². The van der Waals surface area contributed by atoms with E-state index in [4.69, 9.17) is 0 Å². The molecule has 154 valence electrons. The SMILES string of the molecule is CN(C(=O)[C@H](Cc1ccccc1)NC(=O)Cc1c[nH]c(=O)[nH]c1=O)c1ccccc1. The molecule has 0 bridgehead atoms. The predicted octanol–water partition coefficient (Wildman–Crippen LogP) is 0.996. The van der Waals surface area contributed by atoms with Crippen LogP contribution in [0.1, 0.15) is 11.1 Å². The highest BCUT2D eigenvalue weighted by molar-refractivity contribution is 5.99. The number of rotatable bonds is 7. The number of likely N-dealkylation sites (N-methyl/N-ethyl adjacent to an activating group) is 1. The van der Waals surface area contributed by atoms with Gasteiger partial charge < -0.3 is 15.2 Å². The zero-order valence-corrected chi connectivity index (χ0v) is 16.4. The van der Waals surface area contributed by atoms with Gasteiger partial charge in [0.25, 0.3) is 5.56 Å². The highest BCUT2D eigenvalue weighted by atomic mass is 16.2. The van der Waals surface area contributed by atoms with Gasteiger partial charge in [-0.3, -0.25) is 19.4 Å². The highest BCUT2D eigenvalue weighted by Gasteiger charge is 2.25. The lowest BCUT2D eigenvalue weighted by atomic mass is 10.0. The van der Waals surface area contributed by atoms with Gasteiger partial charge in [0.2, 0.25) is 11.8 Å². The molecule has 2 amide bonds. The van der Waals surface area contributed by atoms with Crippen molar-refractivity contribution in [2.24, 2.45) is 0 Å². The number of carbonyl (C=O) groups is 2. The monoisotopic (exact) mass is 406 g/mol. The Bertz CT molecular complexity index is 1120. The molecule has 0 aliphatic carbocycles. The van der Waals surface area contributed by atoms with E-state index in [1.165, 1.54) is 11.1 Å². The number of hydrogen-bond donors (Lipinski definition) is 3. The minimum Gasteiger partial charge on any atom is -0.344 e. The molecule has 3 N–H and O–H groups in total. The number of aromatic amines is 2. The van der Waals surface area contributed by atoms with Gasteiger partial charge in [0.05, 0.1) is 6.42 Å². The summed E-state index contributed by atoms with van der Waals surface area (Å²) >= 11 is 0. The third-order valence-electron chi connectivity index (χ3n) is 4.64. The Morgan fingerprint density at radius 2 is 1.63 bits per heavy atom. The topological polar surface area (TPSA) is 115 Å². The molecule has 30 heavy (non-hydrogen) atoms. The lowest BCUT2D eigenvalue weighted by Crippen LogP contribution is -2.49. The summed E-state index contributed by atoms with van der Waals surface area (Å²) in [5, 5.41) is 2.73. The number of nitrogens with one attached hydrogen (secondary N) is 3. The molecule has 8 nitrogen and oxygen atoms in total. The van der Waals surface area contributed by atoms with Crippen molar-refractivity contribution in [3.05, 3.63) is 98.8 Å². The molecule has 3 rings (SSSR count). The first-order valence-electron chi connectivity index (χ1n) is 9.41. The molecule has 0 spiro atoms. The molecule has 1 aromatic heterocycles. The summed E-state index contributed by atoms with van der Waals surface area (Å²) in [7, 11) is 1.65. The Kier molecular flexibility index (Phi) is 6.59. The van der Waals surface area contributed by atoms with Crippen LogP contribution >= 0.6 is 0 Å². The zero-order valence-electron chi connectivity index (χ0n) is 16.4. The van der Waals surface area contributed by atoms with Crippen molar-refractivity contribution in [3.63, 3.8) is 0 Å². The standard InChI is InChI=1S/C22H22N4O4/c1-26(17-10-6-3-7-11-17)21(29)18(12-15-8-4-2-5-9-15)24-19(27)13-16-14-23-22(30)25-20(16)28/h2-11,14,18H,12-13H2,1H3,(H,24,27)(H2,23,25,28,30)/t18-/m0/s1.